The highest BCUT2D eigenvalue weighted by molar-refractivity contribution is 9.10. The number of halogens is 1. The van der Waals surface area contributed by atoms with Crippen LogP contribution in [-0.4, -0.2) is 17.0 Å². The monoisotopic (exact) mass is 323 g/mol. The minimum atomic E-state index is -1.21. The number of carbonyl (C=O) groups excluding carboxylic acids is 1. The highest BCUT2D eigenvalue weighted by atomic mass is 79.9. The summed E-state index contributed by atoms with van der Waals surface area (Å²) in [4.78, 5) is 22.6. The molecule has 0 aliphatic carbocycles. The van der Waals surface area contributed by atoms with Crippen molar-refractivity contribution in [2.75, 3.05) is 5.32 Å². The SMILES string of the molecule is Cc1cccc(NC(=O)c2ccc(C(=O)O)o2)c1Br. The Morgan fingerprint density at radius 1 is 1.21 bits per heavy atom. The van der Waals surface area contributed by atoms with Gasteiger partial charge in [-0.1, -0.05) is 12.1 Å². The van der Waals surface area contributed by atoms with Crippen LogP contribution in [0.3, 0.4) is 0 Å². The standard InChI is InChI=1S/C13H10BrNO4/c1-7-3-2-4-8(11(7)14)15-12(16)9-5-6-10(19-9)13(17)18/h2-6H,1H3,(H,15,16)(H,17,18). The predicted molar refractivity (Wildman–Crippen MR) is 72.5 cm³/mol. The van der Waals surface area contributed by atoms with Crippen LogP contribution in [-0.2, 0) is 0 Å². The number of anilines is 1. The number of carboxylic acid groups (broad SMARTS) is 1. The Morgan fingerprint density at radius 3 is 2.53 bits per heavy atom. The predicted octanol–water partition coefficient (Wildman–Crippen LogP) is 3.30. The summed E-state index contributed by atoms with van der Waals surface area (Å²) < 4.78 is 5.69. The lowest BCUT2D eigenvalue weighted by Gasteiger charge is -2.07. The van der Waals surface area contributed by atoms with Gasteiger partial charge in [0.25, 0.3) is 5.91 Å². The van der Waals surface area contributed by atoms with Crippen molar-refractivity contribution in [1.29, 1.82) is 0 Å². The van der Waals surface area contributed by atoms with E-state index in [1.54, 1.807) is 12.1 Å². The fourth-order valence-corrected chi connectivity index (χ4v) is 1.87. The Kier molecular flexibility index (Phi) is 3.71. The Labute approximate surface area is 117 Å². The Balaban J connectivity index is 2.21. The number of amides is 1. The van der Waals surface area contributed by atoms with Crippen LogP contribution in [0.25, 0.3) is 0 Å². The van der Waals surface area contributed by atoms with Gasteiger partial charge in [-0.3, -0.25) is 4.79 Å². The minimum absolute atomic E-state index is 0.0502. The molecule has 0 unspecified atom stereocenters. The van der Waals surface area contributed by atoms with Crippen molar-refractivity contribution in [3.05, 3.63) is 51.9 Å². The number of hydrogen-bond donors (Lipinski definition) is 2. The average molecular weight is 324 g/mol. The summed E-state index contributed by atoms with van der Waals surface area (Å²) in [6.07, 6.45) is 0. The zero-order valence-corrected chi connectivity index (χ0v) is 11.5. The van der Waals surface area contributed by atoms with Crippen molar-refractivity contribution in [1.82, 2.24) is 0 Å². The molecule has 5 nitrogen and oxygen atoms in total. The number of rotatable bonds is 3. The van der Waals surface area contributed by atoms with Crippen LogP contribution in [0.1, 0.15) is 26.7 Å². The molecule has 98 valence electrons. The summed E-state index contributed by atoms with van der Waals surface area (Å²) >= 11 is 3.37. The molecule has 0 saturated heterocycles. The maximum absolute atomic E-state index is 11.9. The molecule has 0 atom stereocenters. The first-order valence-electron chi connectivity index (χ1n) is 5.38. The van der Waals surface area contributed by atoms with Crippen LogP contribution in [0.5, 0.6) is 0 Å². The minimum Gasteiger partial charge on any atom is -0.475 e. The first-order chi connectivity index (χ1) is 8.99. The number of carbonyl (C=O) groups is 2. The van der Waals surface area contributed by atoms with Gasteiger partial charge in [-0.05, 0) is 46.6 Å². The normalized spacial score (nSPS) is 10.2. The summed E-state index contributed by atoms with van der Waals surface area (Å²) in [6.45, 7) is 1.90. The Bertz CT molecular complexity index is 648. The number of aryl methyl sites for hydroxylation is 1. The van der Waals surface area contributed by atoms with Crippen molar-refractivity contribution >= 4 is 33.5 Å². The van der Waals surface area contributed by atoms with Gasteiger partial charge in [-0.15, -0.1) is 0 Å². The summed E-state index contributed by atoms with van der Waals surface area (Å²) in [7, 11) is 0. The molecule has 0 aliphatic heterocycles. The topological polar surface area (TPSA) is 79.5 Å². The number of aromatic carboxylic acids is 1. The van der Waals surface area contributed by atoms with E-state index in [0.717, 1.165) is 10.0 Å². The van der Waals surface area contributed by atoms with E-state index in [2.05, 4.69) is 21.2 Å². The zero-order valence-electron chi connectivity index (χ0n) is 9.94. The molecule has 0 aliphatic rings. The van der Waals surface area contributed by atoms with Gasteiger partial charge in [-0.2, -0.15) is 0 Å². The lowest BCUT2D eigenvalue weighted by Crippen LogP contribution is -2.11. The molecule has 2 N–H and O–H groups in total. The fraction of sp³-hybridized carbons (Fsp3) is 0.0769. The Morgan fingerprint density at radius 2 is 1.89 bits per heavy atom. The smallest absolute Gasteiger partial charge is 0.371 e. The molecule has 1 aromatic carbocycles. The summed E-state index contributed by atoms with van der Waals surface area (Å²) in [5.41, 5.74) is 1.57. The van der Waals surface area contributed by atoms with Crippen molar-refractivity contribution in [3.8, 4) is 0 Å². The number of hydrogen-bond acceptors (Lipinski definition) is 3. The van der Waals surface area contributed by atoms with Crippen molar-refractivity contribution in [2.24, 2.45) is 0 Å². The molecule has 2 aromatic rings. The highest BCUT2D eigenvalue weighted by Crippen LogP contribution is 2.26. The van der Waals surface area contributed by atoms with Gasteiger partial charge in [0.15, 0.2) is 5.76 Å². The summed E-state index contributed by atoms with van der Waals surface area (Å²) in [6, 6.07) is 8.00. The van der Waals surface area contributed by atoms with Crippen LogP contribution in [0.2, 0.25) is 0 Å². The van der Waals surface area contributed by atoms with Crippen molar-refractivity contribution in [3.63, 3.8) is 0 Å². The van der Waals surface area contributed by atoms with Gasteiger partial charge in [0.2, 0.25) is 5.76 Å². The van der Waals surface area contributed by atoms with Gasteiger partial charge in [-0.25, -0.2) is 4.79 Å². The maximum atomic E-state index is 11.9. The summed E-state index contributed by atoms with van der Waals surface area (Å²) in [5, 5.41) is 11.4. The largest absolute Gasteiger partial charge is 0.475 e. The lowest BCUT2D eigenvalue weighted by molar-refractivity contribution is 0.0660. The highest BCUT2D eigenvalue weighted by Gasteiger charge is 2.16. The fourth-order valence-electron chi connectivity index (χ4n) is 1.50. The second-order valence-corrected chi connectivity index (χ2v) is 4.65. The Hall–Kier alpha value is -2.08. The second-order valence-electron chi connectivity index (χ2n) is 3.86. The molecule has 0 saturated carbocycles. The third-order valence-corrected chi connectivity index (χ3v) is 3.53. The second kappa shape index (κ2) is 5.27. The third-order valence-electron chi connectivity index (χ3n) is 2.48. The molecule has 2 rings (SSSR count). The molecule has 0 fully saturated rings. The molecule has 0 radical (unpaired) electrons. The zero-order chi connectivity index (χ0) is 14.0. The first kappa shape index (κ1) is 13.4. The van der Waals surface area contributed by atoms with E-state index < -0.39 is 11.9 Å². The molecule has 19 heavy (non-hydrogen) atoms. The van der Waals surface area contributed by atoms with Gasteiger partial charge in [0.1, 0.15) is 0 Å². The molecule has 1 heterocycles. The number of nitrogens with one attached hydrogen (secondary N) is 1. The third kappa shape index (κ3) is 2.85. The molecule has 0 bridgehead atoms. The van der Waals surface area contributed by atoms with Gasteiger partial charge in [0, 0.05) is 4.47 Å². The molecular formula is C13H10BrNO4. The van der Waals surface area contributed by atoms with Crippen LogP contribution in [0.15, 0.2) is 39.2 Å². The van der Waals surface area contributed by atoms with E-state index in [-0.39, 0.29) is 11.5 Å². The van der Waals surface area contributed by atoms with Crippen LogP contribution >= 0.6 is 15.9 Å². The van der Waals surface area contributed by atoms with Crippen LogP contribution in [0.4, 0.5) is 5.69 Å². The molecule has 6 heteroatoms. The molecular weight excluding hydrogens is 314 g/mol. The number of benzene rings is 1. The van der Waals surface area contributed by atoms with Crippen LogP contribution < -0.4 is 5.32 Å². The van der Waals surface area contributed by atoms with Crippen LogP contribution in [0, 0.1) is 6.92 Å². The molecule has 0 spiro atoms. The van der Waals surface area contributed by atoms with E-state index >= 15 is 0 Å². The van der Waals surface area contributed by atoms with E-state index in [4.69, 9.17) is 9.52 Å². The van der Waals surface area contributed by atoms with E-state index in [1.807, 2.05) is 13.0 Å². The number of furan rings is 1. The van der Waals surface area contributed by atoms with E-state index in [9.17, 15) is 9.59 Å². The van der Waals surface area contributed by atoms with E-state index in [0.29, 0.717) is 5.69 Å². The lowest BCUT2D eigenvalue weighted by atomic mass is 10.2. The van der Waals surface area contributed by atoms with E-state index in [1.165, 1.54) is 12.1 Å². The van der Waals surface area contributed by atoms with Crippen molar-refractivity contribution < 1.29 is 19.1 Å². The maximum Gasteiger partial charge on any atom is 0.371 e. The van der Waals surface area contributed by atoms with Crippen molar-refractivity contribution in [2.45, 2.75) is 6.92 Å². The first-order valence-corrected chi connectivity index (χ1v) is 6.18. The van der Waals surface area contributed by atoms with Gasteiger partial charge >= 0.3 is 5.97 Å². The van der Waals surface area contributed by atoms with Gasteiger partial charge in [0.05, 0.1) is 5.69 Å². The quantitative estimate of drug-likeness (QED) is 0.908. The van der Waals surface area contributed by atoms with Gasteiger partial charge < -0.3 is 14.8 Å². The molecule has 1 amide bonds. The summed E-state index contributed by atoms with van der Waals surface area (Å²) in [5.74, 6) is -2.03. The average Bonchev–Trinajstić information content (AvgIpc) is 2.84. The number of carboxylic acids is 1. The molecule has 1 aromatic heterocycles.